The minimum absolute atomic E-state index is 0.135. The topological polar surface area (TPSA) is 87.1 Å². The van der Waals surface area contributed by atoms with E-state index < -0.39 is 11.9 Å². The summed E-state index contributed by atoms with van der Waals surface area (Å²) < 4.78 is 0. The van der Waals surface area contributed by atoms with Crippen LogP contribution in [0.3, 0.4) is 0 Å². The second kappa shape index (κ2) is 9.70. The number of carboxylic acid groups (broad SMARTS) is 2. The van der Waals surface area contributed by atoms with Gasteiger partial charge in [-0.25, -0.2) is 0 Å². The van der Waals surface area contributed by atoms with Crippen LogP contribution >= 0.6 is 0 Å². The molecule has 0 aromatic rings. The lowest BCUT2D eigenvalue weighted by atomic mass is 9.69. The van der Waals surface area contributed by atoms with Gasteiger partial charge < -0.3 is 15.1 Å². The Morgan fingerprint density at radius 3 is 1.96 bits per heavy atom. The largest absolute Gasteiger partial charge is 0.481 e. The zero-order valence-electron chi connectivity index (χ0n) is 17.1. The molecular formula is C20H37NO5. The summed E-state index contributed by atoms with van der Waals surface area (Å²) in [4.78, 5) is 28.0. The van der Waals surface area contributed by atoms with E-state index in [1.807, 2.05) is 5.06 Å². The van der Waals surface area contributed by atoms with Gasteiger partial charge >= 0.3 is 11.9 Å². The van der Waals surface area contributed by atoms with Gasteiger partial charge in [-0.3, -0.25) is 9.59 Å². The molecule has 0 bridgehead atoms. The lowest BCUT2D eigenvalue weighted by Gasteiger charge is -2.54. The summed E-state index contributed by atoms with van der Waals surface area (Å²) in [6.07, 6.45) is 6.95. The highest BCUT2D eigenvalue weighted by molar-refractivity contribution is 5.70. The predicted molar refractivity (Wildman–Crippen MR) is 101 cm³/mol. The fourth-order valence-electron chi connectivity index (χ4n) is 4.85. The quantitative estimate of drug-likeness (QED) is 0.526. The molecule has 1 aliphatic heterocycles. The maximum Gasteiger partial charge on any atom is 0.306 e. The summed E-state index contributed by atoms with van der Waals surface area (Å²) in [6.45, 7) is 8.47. The Bertz CT molecular complexity index is 457. The van der Waals surface area contributed by atoms with Crippen molar-refractivity contribution in [2.45, 2.75) is 96.6 Å². The smallest absolute Gasteiger partial charge is 0.306 e. The summed E-state index contributed by atoms with van der Waals surface area (Å²) >= 11 is 0. The fraction of sp³-hybridized carbons (Fsp3) is 0.900. The van der Waals surface area contributed by atoms with Gasteiger partial charge in [0.1, 0.15) is 0 Å². The van der Waals surface area contributed by atoms with E-state index in [0.717, 1.165) is 38.5 Å². The average molecular weight is 372 g/mol. The third-order valence-corrected chi connectivity index (χ3v) is 5.60. The van der Waals surface area contributed by atoms with Crippen molar-refractivity contribution in [3.63, 3.8) is 0 Å². The summed E-state index contributed by atoms with van der Waals surface area (Å²) in [5.41, 5.74) is -0.405. The molecule has 1 saturated heterocycles. The molecule has 0 aliphatic carbocycles. The molecule has 1 rings (SSSR count). The number of hydrogen-bond acceptors (Lipinski definition) is 4. The molecule has 0 saturated carbocycles. The molecular weight excluding hydrogens is 334 g/mol. The Balaban J connectivity index is 2.56. The van der Waals surface area contributed by atoms with Crippen molar-refractivity contribution in [2.24, 2.45) is 11.8 Å². The van der Waals surface area contributed by atoms with E-state index in [0.29, 0.717) is 12.8 Å². The van der Waals surface area contributed by atoms with E-state index in [1.54, 1.807) is 7.11 Å². The zero-order chi connectivity index (χ0) is 20.0. The molecule has 1 heterocycles. The summed E-state index contributed by atoms with van der Waals surface area (Å²) in [7, 11) is 1.68. The van der Waals surface area contributed by atoms with Gasteiger partial charge in [-0.2, -0.15) is 5.06 Å². The Morgan fingerprint density at radius 1 is 1.00 bits per heavy atom. The number of unbranched alkanes of at least 4 members (excludes halogenated alkanes) is 4. The van der Waals surface area contributed by atoms with Crippen LogP contribution in [0.5, 0.6) is 0 Å². The third kappa shape index (κ3) is 6.54. The average Bonchev–Trinajstić information content (AvgIpc) is 2.47. The van der Waals surface area contributed by atoms with Crippen LogP contribution in [-0.2, 0) is 14.4 Å². The zero-order valence-corrected chi connectivity index (χ0v) is 17.1. The number of rotatable bonds is 11. The lowest BCUT2D eigenvalue weighted by Crippen LogP contribution is -2.61. The van der Waals surface area contributed by atoms with Crippen molar-refractivity contribution in [3.8, 4) is 0 Å². The van der Waals surface area contributed by atoms with Crippen molar-refractivity contribution < 1.29 is 24.6 Å². The van der Waals surface area contributed by atoms with Crippen LogP contribution < -0.4 is 0 Å². The highest BCUT2D eigenvalue weighted by Gasteiger charge is 2.48. The predicted octanol–water partition coefficient (Wildman–Crippen LogP) is 4.33. The maximum absolute atomic E-state index is 11.9. The highest BCUT2D eigenvalue weighted by atomic mass is 16.7. The Hall–Kier alpha value is -1.14. The second-order valence-corrected chi connectivity index (χ2v) is 8.92. The van der Waals surface area contributed by atoms with Crippen LogP contribution in [0.25, 0.3) is 0 Å². The molecule has 6 heteroatoms. The number of carboxylic acids is 2. The van der Waals surface area contributed by atoms with Gasteiger partial charge in [-0.15, -0.1) is 0 Å². The molecule has 0 aromatic heterocycles. The SMILES string of the molecule is CON1C(C)(C)CC(C(CCCCCCCC(=O)O)C(=O)O)CC1(C)C. The summed E-state index contributed by atoms with van der Waals surface area (Å²) in [5, 5.41) is 20.4. The third-order valence-electron chi connectivity index (χ3n) is 5.60. The van der Waals surface area contributed by atoms with Crippen molar-refractivity contribution in [3.05, 3.63) is 0 Å². The highest BCUT2D eigenvalue weighted by Crippen LogP contribution is 2.45. The van der Waals surface area contributed by atoms with Gasteiger partial charge in [0.05, 0.1) is 13.0 Å². The van der Waals surface area contributed by atoms with Crippen LogP contribution in [0, 0.1) is 11.8 Å². The number of hydrogen-bond donors (Lipinski definition) is 2. The molecule has 152 valence electrons. The molecule has 1 fully saturated rings. The monoisotopic (exact) mass is 371 g/mol. The van der Waals surface area contributed by atoms with Crippen LogP contribution in [0.2, 0.25) is 0 Å². The van der Waals surface area contributed by atoms with E-state index in [-0.39, 0.29) is 29.3 Å². The number of nitrogens with zero attached hydrogens (tertiary/aromatic N) is 1. The molecule has 6 nitrogen and oxygen atoms in total. The first-order valence-corrected chi connectivity index (χ1v) is 9.80. The van der Waals surface area contributed by atoms with Crippen LogP contribution in [0.1, 0.15) is 85.5 Å². The first-order valence-electron chi connectivity index (χ1n) is 9.80. The van der Waals surface area contributed by atoms with Crippen molar-refractivity contribution in [1.82, 2.24) is 5.06 Å². The van der Waals surface area contributed by atoms with Gasteiger partial charge in [0.15, 0.2) is 0 Å². The van der Waals surface area contributed by atoms with Gasteiger partial charge in [0.25, 0.3) is 0 Å². The molecule has 1 aliphatic rings. The van der Waals surface area contributed by atoms with Crippen molar-refractivity contribution in [2.75, 3.05) is 7.11 Å². The Morgan fingerprint density at radius 2 is 1.50 bits per heavy atom. The number of hydroxylamine groups is 2. The molecule has 0 aromatic carbocycles. The minimum atomic E-state index is -0.747. The number of aliphatic carboxylic acids is 2. The summed E-state index contributed by atoms with van der Waals surface area (Å²) in [5.74, 6) is -1.63. The van der Waals surface area contributed by atoms with Gasteiger partial charge in [-0.05, 0) is 59.3 Å². The van der Waals surface area contributed by atoms with Crippen molar-refractivity contribution >= 4 is 11.9 Å². The molecule has 1 unspecified atom stereocenters. The standard InChI is InChI=1S/C20H37NO5/c1-19(2)13-15(14-20(3,4)21(19)26-5)16(18(24)25)11-9-7-6-8-10-12-17(22)23/h15-16H,6-14H2,1-5H3,(H,22,23)(H,24,25). The Labute approximate surface area is 157 Å². The summed E-state index contributed by atoms with van der Waals surface area (Å²) in [6, 6.07) is 0. The molecule has 0 spiro atoms. The van der Waals surface area contributed by atoms with Gasteiger partial charge in [0, 0.05) is 17.5 Å². The van der Waals surface area contributed by atoms with Gasteiger partial charge in [0.2, 0.25) is 0 Å². The normalized spacial score (nSPS) is 21.4. The maximum atomic E-state index is 11.9. The number of carbonyl (C=O) groups is 2. The van der Waals surface area contributed by atoms with E-state index in [4.69, 9.17) is 9.94 Å². The lowest BCUT2D eigenvalue weighted by molar-refractivity contribution is -0.274. The second-order valence-electron chi connectivity index (χ2n) is 8.92. The van der Waals surface area contributed by atoms with Gasteiger partial charge in [-0.1, -0.05) is 25.7 Å². The van der Waals surface area contributed by atoms with E-state index in [2.05, 4.69) is 27.7 Å². The van der Waals surface area contributed by atoms with E-state index in [1.165, 1.54) is 0 Å². The molecule has 0 radical (unpaired) electrons. The molecule has 0 amide bonds. The van der Waals surface area contributed by atoms with Crippen LogP contribution in [0.15, 0.2) is 0 Å². The minimum Gasteiger partial charge on any atom is -0.481 e. The van der Waals surface area contributed by atoms with Crippen LogP contribution in [0.4, 0.5) is 0 Å². The van der Waals surface area contributed by atoms with E-state index >= 15 is 0 Å². The Kier molecular flexibility index (Phi) is 8.54. The molecule has 1 atom stereocenters. The first kappa shape index (κ1) is 22.9. The fourth-order valence-corrected chi connectivity index (χ4v) is 4.85. The number of piperidine rings is 1. The van der Waals surface area contributed by atoms with Crippen molar-refractivity contribution in [1.29, 1.82) is 0 Å². The first-order chi connectivity index (χ1) is 12.0. The van der Waals surface area contributed by atoms with Crippen LogP contribution in [-0.4, -0.2) is 45.4 Å². The molecule has 2 N–H and O–H groups in total. The van der Waals surface area contributed by atoms with E-state index in [9.17, 15) is 14.7 Å². The molecule has 26 heavy (non-hydrogen) atoms.